The van der Waals surface area contributed by atoms with Gasteiger partial charge in [-0.2, -0.15) is 0 Å². The largest absolute Gasteiger partial charge is 0.494 e. The van der Waals surface area contributed by atoms with Crippen molar-refractivity contribution in [2.75, 3.05) is 17.7 Å². The van der Waals surface area contributed by atoms with Gasteiger partial charge < -0.3 is 10.1 Å². The van der Waals surface area contributed by atoms with Gasteiger partial charge in [0.1, 0.15) is 11.6 Å². The van der Waals surface area contributed by atoms with E-state index < -0.39 is 0 Å². The zero-order chi connectivity index (χ0) is 17.3. The van der Waals surface area contributed by atoms with Crippen molar-refractivity contribution in [3.05, 3.63) is 66.0 Å². The second-order valence-electron chi connectivity index (χ2n) is 5.22. The van der Waals surface area contributed by atoms with E-state index in [1.54, 1.807) is 23.9 Å². The lowest BCUT2D eigenvalue weighted by atomic mass is 10.2. The monoisotopic (exact) mass is 375 g/mol. The van der Waals surface area contributed by atoms with Gasteiger partial charge in [0.15, 0.2) is 4.34 Å². The Hall–Kier alpha value is -2.12. The third-order valence-corrected chi connectivity index (χ3v) is 5.39. The average Bonchev–Trinajstić information content (AvgIpc) is 3.10. The predicted octanol–water partition coefficient (Wildman–Crippen LogP) is 4.85. The van der Waals surface area contributed by atoms with E-state index in [9.17, 15) is 4.39 Å². The summed E-state index contributed by atoms with van der Waals surface area (Å²) >= 11 is 3.20. The average molecular weight is 375 g/mol. The molecule has 0 aliphatic rings. The molecule has 0 atom stereocenters. The number of thioether (sulfide) groups is 1. The minimum absolute atomic E-state index is 0.227. The van der Waals surface area contributed by atoms with Crippen molar-refractivity contribution in [3.8, 4) is 5.75 Å². The van der Waals surface area contributed by atoms with Crippen molar-refractivity contribution >= 4 is 28.2 Å². The van der Waals surface area contributed by atoms with E-state index in [1.807, 2.05) is 30.3 Å². The molecule has 0 bridgehead atoms. The molecule has 1 N–H and O–H groups in total. The lowest BCUT2D eigenvalue weighted by Gasteiger charge is -2.04. The molecule has 0 unspecified atom stereocenters. The third kappa shape index (κ3) is 6.03. The summed E-state index contributed by atoms with van der Waals surface area (Å²) in [4.78, 5) is 0. The first kappa shape index (κ1) is 17.7. The smallest absolute Gasteiger partial charge is 0.206 e. The lowest BCUT2D eigenvalue weighted by Crippen LogP contribution is -1.98. The Bertz CT molecular complexity index is 766. The van der Waals surface area contributed by atoms with Crippen LogP contribution in [0, 0.1) is 5.82 Å². The van der Waals surface area contributed by atoms with Gasteiger partial charge in [-0.05, 0) is 36.2 Å². The molecule has 0 aliphatic heterocycles. The quantitative estimate of drug-likeness (QED) is 0.428. The van der Waals surface area contributed by atoms with Crippen molar-refractivity contribution in [1.29, 1.82) is 0 Å². The Kier molecular flexibility index (Phi) is 6.64. The number of benzene rings is 2. The van der Waals surface area contributed by atoms with Crippen molar-refractivity contribution in [3.63, 3.8) is 0 Å². The molecule has 0 fully saturated rings. The molecule has 0 spiro atoms. The molecule has 7 heteroatoms. The maximum Gasteiger partial charge on any atom is 0.206 e. The summed E-state index contributed by atoms with van der Waals surface area (Å²) in [5, 5.41) is 12.3. The zero-order valence-electron chi connectivity index (χ0n) is 13.5. The first-order valence-corrected chi connectivity index (χ1v) is 9.72. The van der Waals surface area contributed by atoms with Crippen LogP contribution in [0.15, 0.2) is 58.9 Å². The lowest BCUT2D eigenvalue weighted by molar-refractivity contribution is 0.318. The fourth-order valence-electron chi connectivity index (χ4n) is 2.04. The van der Waals surface area contributed by atoms with E-state index in [-0.39, 0.29) is 5.82 Å². The molecule has 0 amide bonds. The predicted molar refractivity (Wildman–Crippen MR) is 101 cm³/mol. The summed E-state index contributed by atoms with van der Waals surface area (Å²) in [6.45, 7) is 1.29. The molecule has 3 aromatic rings. The summed E-state index contributed by atoms with van der Waals surface area (Å²) in [6.07, 6.45) is 0.942. The van der Waals surface area contributed by atoms with E-state index in [2.05, 4.69) is 15.5 Å². The molecule has 1 heterocycles. The van der Waals surface area contributed by atoms with Gasteiger partial charge in [-0.1, -0.05) is 53.4 Å². The van der Waals surface area contributed by atoms with Crippen LogP contribution in [-0.2, 0) is 6.54 Å². The van der Waals surface area contributed by atoms with Gasteiger partial charge in [-0.25, -0.2) is 4.39 Å². The molecule has 4 nitrogen and oxygen atoms in total. The molecule has 3 rings (SSSR count). The Balaban J connectivity index is 1.34. The van der Waals surface area contributed by atoms with Crippen LogP contribution in [0.2, 0.25) is 0 Å². The molecule has 2 aromatic carbocycles. The minimum atomic E-state index is -0.227. The van der Waals surface area contributed by atoms with Gasteiger partial charge in [0, 0.05) is 12.3 Å². The highest BCUT2D eigenvalue weighted by Crippen LogP contribution is 2.26. The number of ether oxygens (including phenoxy) is 1. The third-order valence-electron chi connectivity index (χ3n) is 3.29. The number of rotatable bonds is 9. The highest BCUT2D eigenvalue weighted by molar-refractivity contribution is 8.01. The second-order valence-corrected chi connectivity index (χ2v) is 7.54. The highest BCUT2D eigenvalue weighted by Gasteiger charge is 2.05. The fourth-order valence-corrected chi connectivity index (χ4v) is 3.78. The molecule has 0 saturated heterocycles. The van der Waals surface area contributed by atoms with Crippen LogP contribution in [-0.4, -0.2) is 22.6 Å². The maximum absolute atomic E-state index is 12.9. The number of nitrogens with zero attached hydrogens (tertiary/aromatic N) is 2. The summed E-state index contributed by atoms with van der Waals surface area (Å²) < 4.78 is 19.5. The van der Waals surface area contributed by atoms with Crippen molar-refractivity contribution in [1.82, 2.24) is 10.2 Å². The van der Waals surface area contributed by atoms with E-state index in [1.165, 1.54) is 23.5 Å². The number of nitrogens with one attached hydrogen (secondary N) is 1. The number of hydrogen-bond donors (Lipinski definition) is 1. The minimum Gasteiger partial charge on any atom is -0.494 e. The summed E-state index contributed by atoms with van der Waals surface area (Å²) in [5.41, 5.74) is 1.00. The van der Waals surface area contributed by atoms with Crippen LogP contribution in [0.3, 0.4) is 0 Å². The van der Waals surface area contributed by atoms with Crippen molar-refractivity contribution in [2.45, 2.75) is 17.3 Å². The highest BCUT2D eigenvalue weighted by atomic mass is 32.2. The number of hydrogen-bond acceptors (Lipinski definition) is 6. The normalized spacial score (nSPS) is 10.6. The van der Waals surface area contributed by atoms with E-state index in [4.69, 9.17) is 4.74 Å². The molecule has 0 radical (unpaired) electrons. The van der Waals surface area contributed by atoms with Crippen LogP contribution in [0.1, 0.15) is 12.0 Å². The number of halogens is 1. The molecular weight excluding hydrogens is 357 g/mol. The number of para-hydroxylation sites is 1. The summed E-state index contributed by atoms with van der Waals surface area (Å²) in [6, 6.07) is 16.2. The van der Waals surface area contributed by atoms with E-state index in [0.29, 0.717) is 13.2 Å². The van der Waals surface area contributed by atoms with E-state index >= 15 is 0 Å². The first-order chi connectivity index (χ1) is 12.3. The van der Waals surface area contributed by atoms with Gasteiger partial charge in [0.05, 0.1) is 6.61 Å². The summed E-state index contributed by atoms with van der Waals surface area (Å²) in [7, 11) is 0. The Morgan fingerprint density at radius 1 is 1.04 bits per heavy atom. The van der Waals surface area contributed by atoms with E-state index in [0.717, 1.165) is 33.0 Å². The van der Waals surface area contributed by atoms with Gasteiger partial charge in [-0.3, -0.25) is 0 Å². The van der Waals surface area contributed by atoms with Crippen LogP contribution in [0.5, 0.6) is 5.75 Å². The van der Waals surface area contributed by atoms with Gasteiger partial charge in [-0.15, -0.1) is 10.2 Å². The Morgan fingerprint density at radius 2 is 1.84 bits per heavy atom. The number of anilines is 1. The van der Waals surface area contributed by atoms with Gasteiger partial charge in [0.2, 0.25) is 5.13 Å². The SMILES string of the molecule is Fc1ccc(CNc2nnc(SCCCOc3ccccc3)s2)cc1. The van der Waals surface area contributed by atoms with Crippen molar-refractivity contribution < 1.29 is 9.13 Å². The van der Waals surface area contributed by atoms with Gasteiger partial charge in [0.25, 0.3) is 0 Å². The Labute approximate surface area is 154 Å². The molecule has 25 heavy (non-hydrogen) atoms. The molecule has 0 aliphatic carbocycles. The van der Waals surface area contributed by atoms with Crippen LogP contribution < -0.4 is 10.1 Å². The molecule has 130 valence electrons. The van der Waals surface area contributed by atoms with Crippen LogP contribution in [0.4, 0.5) is 9.52 Å². The number of aromatic nitrogens is 2. The first-order valence-electron chi connectivity index (χ1n) is 7.92. The standard InChI is InChI=1S/C18H18FN3OS2/c19-15-9-7-14(8-10-15)13-20-17-21-22-18(25-17)24-12-4-11-23-16-5-2-1-3-6-16/h1-3,5-10H,4,11-13H2,(H,20,21). The van der Waals surface area contributed by atoms with Gasteiger partial charge >= 0.3 is 0 Å². The topological polar surface area (TPSA) is 47.0 Å². The second kappa shape index (κ2) is 9.39. The maximum atomic E-state index is 12.9. The van der Waals surface area contributed by atoms with Crippen LogP contribution >= 0.6 is 23.1 Å². The molecule has 0 saturated carbocycles. The fraction of sp³-hybridized carbons (Fsp3) is 0.222. The van der Waals surface area contributed by atoms with Crippen LogP contribution in [0.25, 0.3) is 0 Å². The van der Waals surface area contributed by atoms with Crippen molar-refractivity contribution in [2.24, 2.45) is 0 Å². The zero-order valence-corrected chi connectivity index (χ0v) is 15.2. The molecular formula is C18H18FN3OS2. The summed E-state index contributed by atoms with van der Waals surface area (Å²) in [5.74, 6) is 1.60. The Morgan fingerprint density at radius 3 is 2.64 bits per heavy atom. The molecule has 1 aromatic heterocycles.